The fraction of sp³-hybridized carbons (Fsp3) is 0.800. The van der Waals surface area contributed by atoms with Gasteiger partial charge in [0.15, 0.2) is 0 Å². The van der Waals surface area contributed by atoms with E-state index >= 15 is 0 Å². The normalized spacial score (nSPS) is 35.9. The Bertz CT molecular complexity index is 139. The van der Waals surface area contributed by atoms with Gasteiger partial charge >= 0.3 is 0 Å². The molecule has 1 rings (SSSR count). The zero-order valence-electron chi connectivity index (χ0n) is 5.37. The maximum absolute atomic E-state index is 10.7. The van der Waals surface area contributed by atoms with Crippen LogP contribution in [-0.4, -0.2) is 33.8 Å². The molecule has 0 radical (unpaired) electrons. The summed E-state index contributed by atoms with van der Waals surface area (Å²) in [5.74, 6) is 0. The van der Waals surface area contributed by atoms with Crippen LogP contribution in [0.3, 0.4) is 0 Å². The van der Waals surface area contributed by atoms with Gasteiger partial charge in [-0.25, -0.2) is 0 Å². The molecule has 1 saturated heterocycles. The lowest BCUT2D eigenvalue weighted by Gasteiger charge is -2.13. The first kappa shape index (κ1) is 6.89. The summed E-state index contributed by atoms with van der Waals surface area (Å²) in [6.07, 6.45) is -0.595. The molecule has 0 aliphatic carbocycles. The average Bonchev–Trinajstić information content (AvgIpc) is 1.98. The van der Waals surface area contributed by atoms with Crippen molar-refractivity contribution in [1.82, 2.24) is 4.90 Å². The number of aliphatic hydroxyl groups is 1. The van der Waals surface area contributed by atoms with Gasteiger partial charge in [0.05, 0.1) is 5.25 Å². The van der Waals surface area contributed by atoms with Crippen molar-refractivity contribution < 1.29 is 9.90 Å². The summed E-state index contributed by atoms with van der Waals surface area (Å²) >= 11 is 1.17. The molecule has 1 N–H and O–H groups in total. The zero-order chi connectivity index (χ0) is 7.02. The van der Waals surface area contributed by atoms with E-state index in [1.807, 2.05) is 6.92 Å². The number of hydrogen-bond acceptors (Lipinski definition) is 3. The van der Waals surface area contributed by atoms with Gasteiger partial charge in [0.2, 0.25) is 0 Å². The van der Waals surface area contributed by atoms with Crippen molar-refractivity contribution in [2.24, 2.45) is 0 Å². The molecule has 0 spiro atoms. The monoisotopic (exact) mass is 147 g/mol. The predicted molar refractivity (Wildman–Crippen MR) is 36.2 cm³/mol. The molecule has 3 nitrogen and oxygen atoms in total. The van der Waals surface area contributed by atoms with Crippen LogP contribution in [0.25, 0.3) is 0 Å². The number of rotatable bonds is 0. The zero-order valence-corrected chi connectivity index (χ0v) is 6.18. The summed E-state index contributed by atoms with van der Waals surface area (Å²) in [7, 11) is 1.60. The van der Waals surface area contributed by atoms with Gasteiger partial charge in [-0.05, 0) is 6.92 Å². The second-order valence-corrected chi connectivity index (χ2v) is 3.44. The van der Waals surface area contributed by atoms with Crippen LogP contribution in [0.5, 0.6) is 0 Å². The average molecular weight is 147 g/mol. The molecule has 2 unspecified atom stereocenters. The van der Waals surface area contributed by atoms with E-state index in [1.165, 1.54) is 16.7 Å². The van der Waals surface area contributed by atoms with Crippen LogP contribution < -0.4 is 0 Å². The predicted octanol–water partition coefficient (Wildman–Crippen LogP) is 0.492. The van der Waals surface area contributed by atoms with Crippen LogP contribution in [0, 0.1) is 0 Å². The second-order valence-electron chi connectivity index (χ2n) is 2.11. The van der Waals surface area contributed by atoms with Gasteiger partial charge in [0.25, 0.3) is 5.24 Å². The number of nitrogens with zero attached hydrogens (tertiary/aromatic N) is 1. The molecule has 52 valence electrons. The van der Waals surface area contributed by atoms with Gasteiger partial charge < -0.3 is 10.0 Å². The van der Waals surface area contributed by atoms with E-state index in [1.54, 1.807) is 7.05 Å². The van der Waals surface area contributed by atoms with Crippen molar-refractivity contribution in [1.29, 1.82) is 0 Å². The summed E-state index contributed by atoms with van der Waals surface area (Å²) in [6.45, 7) is 1.83. The van der Waals surface area contributed by atoms with Crippen molar-refractivity contribution >= 4 is 17.0 Å². The highest BCUT2D eigenvalue weighted by atomic mass is 32.2. The van der Waals surface area contributed by atoms with Crippen LogP contribution in [0.1, 0.15) is 6.92 Å². The van der Waals surface area contributed by atoms with E-state index in [9.17, 15) is 4.79 Å². The summed E-state index contributed by atoms with van der Waals surface area (Å²) < 4.78 is 0. The Kier molecular flexibility index (Phi) is 1.68. The Labute approximate surface area is 58.0 Å². The quantitative estimate of drug-likeness (QED) is 0.542. The molecule has 1 fully saturated rings. The highest BCUT2D eigenvalue weighted by molar-refractivity contribution is 8.14. The van der Waals surface area contributed by atoms with Gasteiger partial charge in [-0.2, -0.15) is 0 Å². The lowest BCUT2D eigenvalue weighted by atomic mass is 10.4. The minimum atomic E-state index is -0.595. The molecule has 4 heteroatoms. The van der Waals surface area contributed by atoms with Crippen molar-refractivity contribution in [3.05, 3.63) is 0 Å². The summed E-state index contributed by atoms with van der Waals surface area (Å²) in [5, 5.41) is 9.09. The minimum absolute atomic E-state index is 0.0162. The third-order valence-electron chi connectivity index (χ3n) is 1.39. The largest absolute Gasteiger partial charge is 0.372 e. The highest BCUT2D eigenvalue weighted by Gasteiger charge is 2.33. The maximum Gasteiger partial charge on any atom is 0.283 e. The van der Waals surface area contributed by atoms with Crippen LogP contribution in [-0.2, 0) is 0 Å². The van der Waals surface area contributed by atoms with Crippen LogP contribution in [0.15, 0.2) is 0 Å². The van der Waals surface area contributed by atoms with Gasteiger partial charge in [-0.1, -0.05) is 11.8 Å². The van der Waals surface area contributed by atoms with E-state index in [4.69, 9.17) is 5.11 Å². The molecule has 0 aromatic heterocycles. The summed E-state index contributed by atoms with van der Waals surface area (Å²) in [6, 6.07) is 0. The van der Waals surface area contributed by atoms with Gasteiger partial charge in [-0.3, -0.25) is 4.79 Å². The number of carbonyl (C=O) groups is 1. The fourth-order valence-electron chi connectivity index (χ4n) is 0.726. The first-order chi connectivity index (χ1) is 4.13. The highest BCUT2D eigenvalue weighted by Crippen LogP contribution is 2.27. The van der Waals surface area contributed by atoms with Gasteiger partial charge in [0.1, 0.15) is 6.23 Å². The number of thioether (sulfide) groups is 1. The fourth-order valence-corrected chi connectivity index (χ4v) is 1.62. The number of aliphatic hydroxyl groups excluding tert-OH is 1. The topological polar surface area (TPSA) is 40.5 Å². The number of carbonyl (C=O) groups excluding carboxylic acids is 1. The Balaban J connectivity index is 2.65. The minimum Gasteiger partial charge on any atom is -0.372 e. The first-order valence-electron chi connectivity index (χ1n) is 2.74. The Morgan fingerprint density at radius 2 is 2.33 bits per heavy atom. The number of amides is 1. The molecular formula is C5H9NO2S. The van der Waals surface area contributed by atoms with Crippen LogP contribution >= 0.6 is 11.8 Å². The second kappa shape index (κ2) is 2.19. The van der Waals surface area contributed by atoms with Crippen molar-refractivity contribution in [3.8, 4) is 0 Å². The van der Waals surface area contributed by atoms with E-state index in [2.05, 4.69) is 0 Å². The molecule has 0 aromatic carbocycles. The molecular weight excluding hydrogens is 138 g/mol. The molecule has 0 saturated carbocycles. The van der Waals surface area contributed by atoms with E-state index in [0.717, 1.165) is 0 Å². The van der Waals surface area contributed by atoms with Crippen molar-refractivity contribution in [3.63, 3.8) is 0 Å². The third kappa shape index (κ3) is 1.04. The molecule has 9 heavy (non-hydrogen) atoms. The maximum atomic E-state index is 10.7. The van der Waals surface area contributed by atoms with E-state index < -0.39 is 6.23 Å². The standard InChI is InChI=1S/C5H9NO2S/c1-3-4(7)6(2)5(8)9-3/h3-4,7H,1-2H3. The van der Waals surface area contributed by atoms with E-state index in [-0.39, 0.29) is 10.5 Å². The van der Waals surface area contributed by atoms with Crippen LogP contribution in [0.2, 0.25) is 0 Å². The lowest BCUT2D eigenvalue weighted by molar-refractivity contribution is 0.0655. The molecule has 1 amide bonds. The number of hydrogen-bond donors (Lipinski definition) is 1. The molecule has 1 aliphatic heterocycles. The Morgan fingerprint density at radius 1 is 1.78 bits per heavy atom. The summed E-state index contributed by atoms with van der Waals surface area (Å²) in [4.78, 5) is 12.1. The lowest BCUT2D eigenvalue weighted by Crippen LogP contribution is -2.31. The Hall–Kier alpha value is -0.220. The van der Waals surface area contributed by atoms with E-state index in [0.29, 0.717) is 0 Å². The summed E-state index contributed by atoms with van der Waals surface area (Å²) in [5.41, 5.74) is 0. The molecule has 1 heterocycles. The van der Waals surface area contributed by atoms with Crippen molar-refractivity contribution in [2.45, 2.75) is 18.4 Å². The molecule has 0 bridgehead atoms. The third-order valence-corrected chi connectivity index (χ3v) is 2.50. The molecule has 0 aromatic rings. The SMILES string of the molecule is CC1SC(=O)N(C)C1O. The Morgan fingerprint density at radius 3 is 2.44 bits per heavy atom. The first-order valence-corrected chi connectivity index (χ1v) is 3.62. The smallest absolute Gasteiger partial charge is 0.283 e. The van der Waals surface area contributed by atoms with Crippen LogP contribution in [0.4, 0.5) is 4.79 Å². The molecule has 2 atom stereocenters. The van der Waals surface area contributed by atoms with Gasteiger partial charge in [-0.15, -0.1) is 0 Å². The van der Waals surface area contributed by atoms with Crippen molar-refractivity contribution in [2.75, 3.05) is 7.05 Å². The molecule has 1 aliphatic rings. The van der Waals surface area contributed by atoms with Gasteiger partial charge in [0, 0.05) is 7.05 Å².